The third-order valence-electron chi connectivity index (χ3n) is 3.24. The number of thiazole rings is 1. The van der Waals surface area contributed by atoms with Crippen LogP contribution in [-0.2, 0) is 16.9 Å². The molecule has 1 aliphatic carbocycles. The molecule has 1 fully saturated rings. The van der Waals surface area contributed by atoms with Gasteiger partial charge in [-0.15, -0.1) is 11.3 Å². The SMILES string of the molecule is CCOCc1nc(C2(N)CCCCC2)cs1. The summed E-state index contributed by atoms with van der Waals surface area (Å²) in [6, 6.07) is 0. The van der Waals surface area contributed by atoms with Crippen LogP contribution in [-0.4, -0.2) is 11.6 Å². The molecule has 0 unspecified atom stereocenters. The minimum Gasteiger partial charge on any atom is -0.375 e. The van der Waals surface area contributed by atoms with E-state index in [0.717, 1.165) is 30.2 Å². The maximum atomic E-state index is 6.43. The molecule has 1 aliphatic rings. The van der Waals surface area contributed by atoms with Crippen molar-refractivity contribution in [1.29, 1.82) is 0 Å². The largest absolute Gasteiger partial charge is 0.375 e. The van der Waals surface area contributed by atoms with Crippen LogP contribution >= 0.6 is 11.3 Å². The lowest BCUT2D eigenvalue weighted by molar-refractivity contribution is 0.133. The van der Waals surface area contributed by atoms with Gasteiger partial charge in [-0.3, -0.25) is 0 Å². The van der Waals surface area contributed by atoms with Crippen LogP contribution < -0.4 is 5.73 Å². The molecule has 90 valence electrons. The van der Waals surface area contributed by atoms with Gasteiger partial charge in [0.2, 0.25) is 0 Å². The number of nitrogens with two attached hydrogens (primary N) is 1. The van der Waals surface area contributed by atoms with E-state index in [9.17, 15) is 0 Å². The molecule has 1 aromatic rings. The van der Waals surface area contributed by atoms with Crippen molar-refractivity contribution in [2.45, 2.75) is 51.2 Å². The van der Waals surface area contributed by atoms with E-state index in [1.54, 1.807) is 11.3 Å². The van der Waals surface area contributed by atoms with Crippen molar-refractivity contribution in [1.82, 2.24) is 4.98 Å². The summed E-state index contributed by atoms with van der Waals surface area (Å²) in [5.41, 5.74) is 7.33. The Kier molecular flexibility index (Phi) is 3.95. The van der Waals surface area contributed by atoms with Gasteiger partial charge in [0.25, 0.3) is 0 Å². The number of aromatic nitrogens is 1. The fourth-order valence-corrected chi connectivity index (χ4v) is 3.07. The van der Waals surface area contributed by atoms with E-state index in [4.69, 9.17) is 10.5 Å². The van der Waals surface area contributed by atoms with Gasteiger partial charge in [0.1, 0.15) is 5.01 Å². The quantitative estimate of drug-likeness (QED) is 0.880. The van der Waals surface area contributed by atoms with Gasteiger partial charge in [0.15, 0.2) is 0 Å². The molecule has 0 radical (unpaired) electrons. The first-order valence-corrected chi connectivity index (χ1v) is 6.94. The van der Waals surface area contributed by atoms with Crippen molar-refractivity contribution >= 4 is 11.3 Å². The molecule has 1 heterocycles. The lowest BCUT2D eigenvalue weighted by Crippen LogP contribution is -2.38. The third-order valence-corrected chi connectivity index (χ3v) is 4.06. The van der Waals surface area contributed by atoms with Crippen LogP contribution in [0.15, 0.2) is 5.38 Å². The first-order valence-electron chi connectivity index (χ1n) is 6.06. The van der Waals surface area contributed by atoms with Gasteiger partial charge < -0.3 is 10.5 Å². The summed E-state index contributed by atoms with van der Waals surface area (Å²) in [6.07, 6.45) is 5.92. The summed E-state index contributed by atoms with van der Waals surface area (Å²) < 4.78 is 5.36. The van der Waals surface area contributed by atoms with E-state index in [1.165, 1.54) is 19.3 Å². The predicted molar refractivity (Wildman–Crippen MR) is 66.4 cm³/mol. The van der Waals surface area contributed by atoms with Crippen molar-refractivity contribution in [2.75, 3.05) is 6.61 Å². The van der Waals surface area contributed by atoms with Crippen molar-refractivity contribution < 1.29 is 4.74 Å². The van der Waals surface area contributed by atoms with Gasteiger partial charge in [-0.25, -0.2) is 4.98 Å². The monoisotopic (exact) mass is 240 g/mol. The average Bonchev–Trinajstić information content (AvgIpc) is 2.77. The molecule has 1 aromatic heterocycles. The van der Waals surface area contributed by atoms with Crippen LogP contribution in [0.2, 0.25) is 0 Å². The average molecular weight is 240 g/mol. The Hall–Kier alpha value is -0.450. The Balaban J connectivity index is 2.05. The van der Waals surface area contributed by atoms with E-state index >= 15 is 0 Å². The summed E-state index contributed by atoms with van der Waals surface area (Å²) >= 11 is 1.67. The number of nitrogens with zero attached hydrogens (tertiary/aromatic N) is 1. The maximum Gasteiger partial charge on any atom is 0.119 e. The molecule has 0 bridgehead atoms. The van der Waals surface area contributed by atoms with Crippen molar-refractivity contribution in [2.24, 2.45) is 5.73 Å². The van der Waals surface area contributed by atoms with Crippen LogP contribution in [0.25, 0.3) is 0 Å². The topological polar surface area (TPSA) is 48.1 Å². The Morgan fingerprint density at radius 2 is 2.19 bits per heavy atom. The van der Waals surface area contributed by atoms with Gasteiger partial charge >= 0.3 is 0 Å². The number of rotatable bonds is 4. The van der Waals surface area contributed by atoms with Crippen LogP contribution in [0.1, 0.15) is 49.7 Å². The van der Waals surface area contributed by atoms with Crippen LogP contribution in [0.3, 0.4) is 0 Å². The van der Waals surface area contributed by atoms with Crippen molar-refractivity contribution in [3.63, 3.8) is 0 Å². The maximum absolute atomic E-state index is 6.43. The number of hydrogen-bond acceptors (Lipinski definition) is 4. The van der Waals surface area contributed by atoms with Gasteiger partial charge in [-0.1, -0.05) is 19.3 Å². The molecule has 0 amide bonds. The van der Waals surface area contributed by atoms with Gasteiger partial charge in [-0.2, -0.15) is 0 Å². The molecule has 2 rings (SSSR count). The van der Waals surface area contributed by atoms with Crippen molar-refractivity contribution in [3.8, 4) is 0 Å². The molecule has 0 aliphatic heterocycles. The number of hydrogen-bond donors (Lipinski definition) is 1. The second-order valence-corrected chi connectivity index (χ2v) is 5.42. The van der Waals surface area contributed by atoms with E-state index in [1.807, 2.05) is 6.92 Å². The lowest BCUT2D eigenvalue weighted by atomic mass is 9.81. The molecule has 0 atom stereocenters. The van der Waals surface area contributed by atoms with Crippen LogP contribution in [0.4, 0.5) is 0 Å². The Bertz CT molecular complexity index is 332. The molecular weight excluding hydrogens is 220 g/mol. The summed E-state index contributed by atoms with van der Waals surface area (Å²) in [5.74, 6) is 0. The summed E-state index contributed by atoms with van der Waals surface area (Å²) in [4.78, 5) is 4.61. The predicted octanol–water partition coefficient (Wildman–Crippen LogP) is 2.80. The summed E-state index contributed by atoms with van der Waals surface area (Å²) in [6.45, 7) is 3.36. The number of ether oxygens (including phenoxy) is 1. The van der Waals surface area contributed by atoms with Crippen molar-refractivity contribution in [3.05, 3.63) is 16.1 Å². The zero-order valence-corrected chi connectivity index (χ0v) is 10.7. The Morgan fingerprint density at radius 1 is 1.44 bits per heavy atom. The van der Waals surface area contributed by atoms with E-state index < -0.39 is 0 Å². The smallest absolute Gasteiger partial charge is 0.119 e. The van der Waals surface area contributed by atoms with Crippen LogP contribution in [0.5, 0.6) is 0 Å². The highest BCUT2D eigenvalue weighted by atomic mass is 32.1. The molecule has 0 aromatic carbocycles. The Morgan fingerprint density at radius 3 is 2.88 bits per heavy atom. The highest BCUT2D eigenvalue weighted by Gasteiger charge is 2.31. The molecule has 16 heavy (non-hydrogen) atoms. The minimum atomic E-state index is -0.167. The first kappa shape index (κ1) is 12.0. The fraction of sp³-hybridized carbons (Fsp3) is 0.750. The van der Waals surface area contributed by atoms with E-state index in [-0.39, 0.29) is 5.54 Å². The highest BCUT2D eigenvalue weighted by molar-refractivity contribution is 7.09. The standard InChI is InChI=1S/C12H20N2OS/c1-2-15-8-11-14-10(9-16-11)12(13)6-4-3-5-7-12/h9H,2-8,13H2,1H3. The second kappa shape index (κ2) is 5.25. The normalized spacial score (nSPS) is 19.9. The highest BCUT2D eigenvalue weighted by Crippen LogP contribution is 2.35. The van der Waals surface area contributed by atoms with E-state index in [2.05, 4.69) is 10.4 Å². The Labute approximate surface area is 101 Å². The van der Waals surface area contributed by atoms with E-state index in [0.29, 0.717) is 6.61 Å². The third kappa shape index (κ3) is 2.62. The molecule has 1 saturated carbocycles. The second-order valence-electron chi connectivity index (χ2n) is 4.48. The zero-order valence-electron chi connectivity index (χ0n) is 9.87. The van der Waals surface area contributed by atoms with Gasteiger partial charge in [-0.05, 0) is 19.8 Å². The molecular formula is C12H20N2OS. The lowest BCUT2D eigenvalue weighted by Gasteiger charge is -2.31. The molecule has 2 N–H and O–H groups in total. The molecule has 3 nitrogen and oxygen atoms in total. The first-order chi connectivity index (χ1) is 7.74. The minimum absolute atomic E-state index is 0.167. The zero-order chi connectivity index (χ0) is 11.4. The summed E-state index contributed by atoms with van der Waals surface area (Å²) in [7, 11) is 0. The van der Waals surface area contributed by atoms with Crippen LogP contribution in [0, 0.1) is 0 Å². The molecule has 0 saturated heterocycles. The molecule has 0 spiro atoms. The molecule has 4 heteroatoms. The fourth-order valence-electron chi connectivity index (χ4n) is 2.23. The van der Waals surface area contributed by atoms with Gasteiger partial charge in [0, 0.05) is 12.0 Å². The van der Waals surface area contributed by atoms with Gasteiger partial charge in [0.05, 0.1) is 17.8 Å². The summed E-state index contributed by atoms with van der Waals surface area (Å²) in [5, 5.41) is 3.16.